The molecule has 7 nitrogen and oxygen atoms in total. The molecule has 0 aliphatic carbocycles. The van der Waals surface area contributed by atoms with Crippen LogP contribution in [0.2, 0.25) is 0 Å². The zero-order valence-corrected chi connectivity index (χ0v) is 9.52. The molecule has 0 aromatic rings. The van der Waals surface area contributed by atoms with Crippen molar-refractivity contribution in [1.29, 1.82) is 0 Å². The van der Waals surface area contributed by atoms with Gasteiger partial charge in [-0.3, -0.25) is 0 Å². The maximum Gasteiger partial charge on any atom is 0.211 e. The Bertz CT molecular complexity index is 340. The summed E-state index contributed by atoms with van der Waals surface area (Å²) in [6.45, 7) is 3.59. The Morgan fingerprint density at radius 1 is 1.33 bits per heavy atom. The summed E-state index contributed by atoms with van der Waals surface area (Å²) in [6.07, 6.45) is 1.22. The second-order valence-corrected chi connectivity index (χ2v) is 5.44. The van der Waals surface area contributed by atoms with Gasteiger partial charge in [-0.2, -0.15) is 4.31 Å². The number of sulfonamides is 1. The minimum Gasteiger partial charge on any atom is -0.301 e. The highest BCUT2D eigenvalue weighted by molar-refractivity contribution is 7.88. The standard InChI is InChI=1S/C7H15N5O2S/c1-15(13,14)12-6-4-11(5-7-12)3-2-9-10-8/h2-7H2,1H3. The van der Waals surface area contributed by atoms with Crippen LogP contribution in [0.25, 0.3) is 10.4 Å². The number of hydrogen-bond acceptors (Lipinski definition) is 4. The first-order chi connectivity index (χ1) is 7.04. The Labute approximate surface area is 89.3 Å². The van der Waals surface area contributed by atoms with E-state index in [-0.39, 0.29) is 0 Å². The minimum absolute atomic E-state index is 0.440. The molecule has 0 aromatic heterocycles. The summed E-state index contributed by atoms with van der Waals surface area (Å²) in [4.78, 5) is 4.76. The van der Waals surface area contributed by atoms with Crippen molar-refractivity contribution in [3.63, 3.8) is 0 Å². The predicted octanol–water partition coefficient (Wildman–Crippen LogP) is -0.126. The molecule has 1 rings (SSSR count). The van der Waals surface area contributed by atoms with E-state index in [1.54, 1.807) is 0 Å². The van der Waals surface area contributed by atoms with Gasteiger partial charge in [0.05, 0.1) is 6.26 Å². The van der Waals surface area contributed by atoms with Crippen LogP contribution in [0.5, 0.6) is 0 Å². The first-order valence-corrected chi connectivity index (χ1v) is 6.57. The Hall–Kier alpha value is -0.820. The van der Waals surface area contributed by atoms with Crippen molar-refractivity contribution >= 4 is 10.0 Å². The molecule has 0 N–H and O–H groups in total. The number of hydrogen-bond donors (Lipinski definition) is 0. The maximum atomic E-state index is 11.2. The van der Waals surface area contributed by atoms with Crippen LogP contribution in [0.3, 0.4) is 0 Å². The molecule has 0 amide bonds. The molecule has 0 saturated carbocycles. The zero-order chi connectivity index (χ0) is 11.3. The number of rotatable bonds is 4. The molecular weight excluding hydrogens is 218 g/mol. The lowest BCUT2D eigenvalue weighted by molar-refractivity contribution is 0.193. The largest absolute Gasteiger partial charge is 0.301 e. The molecule has 8 heteroatoms. The van der Waals surface area contributed by atoms with Crippen molar-refractivity contribution in [1.82, 2.24) is 9.21 Å². The third-order valence-corrected chi connectivity index (χ3v) is 3.68. The Morgan fingerprint density at radius 3 is 2.40 bits per heavy atom. The fraction of sp³-hybridized carbons (Fsp3) is 1.00. The fourth-order valence-corrected chi connectivity index (χ4v) is 2.34. The number of azide groups is 1. The summed E-state index contributed by atoms with van der Waals surface area (Å²) in [5.41, 5.74) is 8.10. The SMILES string of the molecule is CS(=O)(=O)N1CCN(CCN=[N+]=[N-])CC1. The normalized spacial score (nSPS) is 19.8. The quantitative estimate of drug-likeness (QED) is 0.385. The van der Waals surface area contributed by atoms with Crippen LogP contribution in [0.4, 0.5) is 0 Å². The van der Waals surface area contributed by atoms with Crippen LogP contribution < -0.4 is 0 Å². The van der Waals surface area contributed by atoms with Crippen LogP contribution in [-0.2, 0) is 10.0 Å². The van der Waals surface area contributed by atoms with Gasteiger partial charge < -0.3 is 4.90 Å². The van der Waals surface area contributed by atoms with Crippen molar-refractivity contribution < 1.29 is 8.42 Å². The highest BCUT2D eigenvalue weighted by atomic mass is 32.2. The summed E-state index contributed by atoms with van der Waals surface area (Å²) < 4.78 is 23.9. The predicted molar refractivity (Wildman–Crippen MR) is 56.9 cm³/mol. The van der Waals surface area contributed by atoms with E-state index >= 15 is 0 Å². The summed E-state index contributed by atoms with van der Waals surface area (Å²) in [5, 5.41) is 3.44. The Kier molecular flexibility index (Phi) is 4.34. The first kappa shape index (κ1) is 12.3. The van der Waals surface area contributed by atoms with E-state index in [0.29, 0.717) is 39.3 Å². The van der Waals surface area contributed by atoms with Gasteiger partial charge in [-0.15, -0.1) is 0 Å². The molecule has 0 bridgehead atoms. The molecule has 1 aliphatic heterocycles. The molecule has 1 heterocycles. The summed E-state index contributed by atoms with van der Waals surface area (Å²) in [5.74, 6) is 0. The number of piperazine rings is 1. The Balaban J connectivity index is 2.33. The van der Waals surface area contributed by atoms with Crippen LogP contribution in [0.1, 0.15) is 0 Å². The third-order valence-electron chi connectivity index (χ3n) is 2.38. The minimum atomic E-state index is -3.05. The van der Waals surface area contributed by atoms with Crippen molar-refractivity contribution in [3.05, 3.63) is 10.4 Å². The number of nitrogens with zero attached hydrogens (tertiary/aromatic N) is 5. The lowest BCUT2D eigenvalue weighted by Crippen LogP contribution is -2.48. The lowest BCUT2D eigenvalue weighted by atomic mass is 10.3. The smallest absolute Gasteiger partial charge is 0.211 e. The Morgan fingerprint density at radius 2 is 1.93 bits per heavy atom. The van der Waals surface area contributed by atoms with Gasteiger partial charge in [0.2, 0.25) is 10.0 Å². The van der Waals surface area contributed by atoms with Crippen LogP contribution in [0, 0.1) is 0 Å². The van der Waals surface area contributed by atoms with E-state index in [0.717, 1.165) is 0 Å². The van der Waals surface area contributed by atoms with Gasteiger partial charge in [-0.05, 0) is 5.53 Å². The second-order valence-electron chi connectivity index (χ2n) is 3.46. The zero-order valence-electron chi connectivity index (χ0n) is 8.70. The topological polar surface area (TPSA) is 89.4 Å². The van der Waals surface area contributed by atoms with Crippen LogP contribution >= 0.6 is 0 Å². The maximum absolute atomic E-state index is 11.2. The van der Waals surface area contributed by atoms with Crippen molar-refractivity contribution in [2.45, 2.75) is 0 Å². The molecule has 0 aromatic carbocycles. The first-order valence-electron chi connectivity index (χ1n) is 4.72. The second kappa shape index (κ2) is 5.32. The molecular formula is C7H15N5O2S. The van der Waals surface area contributed by atoms with E-state index in [4.69, 9.17) is 5.53 Å². The molecule has 15 heavy (non-hydrogen) atoms. The highest BCUT2D eigenvalue weighted by Crippen LogP contribution is 2.05. The highest BCUT2D eigenvalue weighted by Gasteiger charge is 2.22. The van der Waals surface area contributed by atoms with Gasteiger partial charge in [0.1, 0.15) is 0 Å². The van der Waals surface area contributed by atoms with Crippen LogP contribution in [-0.4, -0.2) is 63.1 Å². The van der Waals surface area contributed by atoms with Gasteiger partial charge in [0.15, 0.2) is 0 Å². The molecule has 0 radical (unpaired) electrons. The van der Waals surface area contributed by atoms with Gasteiger partial charge in [-0.25, -0.2) is 8.42 Å². The molecule has 1 fully saturated rings. The molecule has 1 saturated heterocycles. The van der Waals surface area contributed by atoms with E-state index in [9.17, 15) is 8.42 Å². The third kappa shape index (κ3) is 4.05. The van der Waals surface area contributed by atoms with E-state index in [1.807, 2.05) is 0 Å². The van der Waals surface area contributed by atoms with E-state index in [2.05, 4.69) is 14.9 Å². The average Bonchev–Trinajstić information content (AvgIpc) is 2.18. The van der Waals surface area contributed by atoms with Crippen molar-refractivity contribution in [3.8, 4) is 0 Å². The van der Waals surface area contributed by atoms with Crippen molar-refractivity contribution in [2.24, 2.45) is 5.11 Å². The summed E-state index contributed by atoms with van der Waals surface area (Å²) >= 11 is 0. The van der Waals surface area contributed by atoms with E-state index in [1.165, 1.54) is 10.6 Å². The molecule has 1 aliphatic rings. The van der Waals surface area contributed by atoms with Gasteiger partial charge in [0.25, 0.3) is 0 Å². The molecule has 0 spiro atoms. The average molecular weight is 233 g/mol. The van der Waals surface area contributed by atoms with E-state index < -0.39 is 10.0 Å². The van der Waals surface area contributed by atoms with Gasteiger partial charge >= 0.3 is 0 Å². The monoisotopic (exact) mass is 233 g/mol. The fourth-order valence-electron chi connectivity index (χ4n) is 1.52. The van der Waals surface area contributed by atoms with Crippen molar-refractivity contribution in [2.75, 3.05) is 45.5 Å². The molecule has 86 valence electrons. The summed E-state index contributed by atoms with van der Waals surface area (Å²) in [6, 6.07) is 0. The lowest BCUT2D eigenvalue weighted by Gasteiger charge is -2.32. The van der Waals surface area contributed by atoms with Crippen LogP contribution in [0.15, 0.2) is 5.11 Å². The van der Waals surface area contributed by atoms with Gasteiger partial charge in [0, 0.05) is 44.2 Å². The molecule has 0 atom stereocenters. The van der Waals surface area contributed by atoms with Gasteiger partial charge in [-0.1, -0.05) is 5.11 Å². The molecule has 0 unspecified atom stereocenters. The summed E-state index contributed by atoms with van der Waals surface area (Å²) in [7, 11) is -3.05.